The van der Waals surface area contributed by atoms with Crippen LogP contribution in [0.1, 0.15) is 29.5 Å². The van der Waals surface area contributed by atoms with Crippen LogP contribution in [-0.4, -0.2) is 20.7 Å². The summed E-state index contributed by atoms with van der Waals surface area (Å²) in [5.41, 5.74) is 6.11. The van der Waals surface area contributed by atoms with Crippen LogP contribution in [0.3, 0.4) is 0 Å². The van der Waals surface area contributed by atoms with Crippen molar-refractivity contribution >= 4 is 34.9 Å². The molecule has 21 heavy (non-hydrogen) atoms. The number of nitrogens with zero attached hydrogens (tertiary/aromatic N) is 3. The van der Waals surface area contributed by atoms with E-state index in [4.69, 9.17) is 33.7 Å². The third kappa shape index (κ3) is 3.65. The van der Waals surface area contributed by atoms with Crippen molar-refractivity contribution in [2.75, 3.05) is 5.73 Å². The van der Waals surface area contributed by atoms with E-state index in [1.54, 1.807) is 4.68 Å². The lowest BCUT2D eigenvalue weighted by Crippen LogP contribution is -2.11. The number of hydrogen-bond acceptors (Lipinski definition) is 5. The monoisotopic (exact) mass is 328 g/mol. The fourth-order valence-electron chi connectivity index (χ4n) is 1.76. The highest BCUT2D eigenvalue weighted by atomic mass is 35.5. The van der Waals surface area contributed by atoms with Crippen molar-refractivity contribution < 1.29 is 9.53 Å². The Kier molecular flexibility index (Phi) is 5.03. The molecule has 0 saturated carbocycles. The number of ether oxygens (including phenoxy) is 1. The first kappa shape index (κ1) is 15.6. The van der Waals surface area contributed by atoms with E-state index in [1.807, 2.05) is 6.92 Å². The third-order valence-electron chi connectivity index (χ3n) is 2.73. The molecular formula is C13H14Cl2N4O2. The van der Waals surface area contributed by atoms with Gasteiger partial charge < -0.3 is 10.5 Å². The first-order valence-electron chi connectivity index (χ1n) is 6.31. The van der Waals surface area contributed by atoms with Crippen LogP contribution in [0.4, 0.5) is 5.69 Å². The second-order valence-electron chi connectivity index (χ2n) is 4.34. The van der Waals surface area contributed by atoms with Crippen LogP contribution in [-0.2, 0) is 17.9 Å². The first-order chi connectivity index (χ1) is 10.0. The molecule has 0 radical (unpaired) electrons. The molecule has 112 valence electrons. The average Bonchev–Trinajstić information content (AvgIpc) is 2.88. The Morgan fingerprint density at radius 3 is 2.90 bits per heavy atom. The molecule has 0 bridgehead atoms. The van der Waals surface area contributed by atoms with Gasteiger partial charge >= 0.3 is 5.97 Å². The molecule has 0 aliphatic heterocycles. The van der Waals surface area contributed by atoms with Crippen molar-refractivity contribution in [3.63, 3.8) is 0 Å². The minimum absolute atomic E-state index is 0.00157. The minimum Gasteiger partial charge on any atom is -0.454 e. The van der Waals surface area contributed by atoms with Gasteiger partial charge in [-0.25, -0.2) is 14.5 Å². The van der Waals surface area contributed by atoms with Crippen molar-refractivity contribution in [2.24, 2.45) is 0 Å². The van der Waals surface area contributed by atoms with E-state index in [0.717, 1.165) is 6.42 Å². The summed E-state index contributed by atoms with van der Waals surface area (Å²) in [6.07, 6.45) is 2.32. The van der Waals surface area contributed by atoms with Gasteiger partial charge in [0, 0.05) is 12.2 Å². The summed E-state index contributed by atoms with van der Waals surface area (Å²) < 4.78 is 6.87. The van der Waals surface area contributed by atoms with Gasteiger partial charge in [-0.1, -0.05) is 30.1 Å². The molecule has 8 heteroatoms. The van der Waals surface area contributed by atoms with E-state index >= 15 is 0 Å². The molecule has 6 nitrogen and oxygen atoms in total. The van der Waals surface area contributed by atoms with Crippen molar-refractivity contribution in [1.29, 1.82) is 0 Å². The van der Waals surface area contributed by atoms with Gasteiger partial charge in [0.2, 0.25) is 0 Å². The molecule has 2 aromatic rings. The number of rotatable bonds is 5. The molecule has 0 aliphatic carbocycles. The van der Waals surface area contributed by atoms with Crippen molar-refractivity contribution in [2.45, 2.75) is 26.5 Å². The van der Waals surface area contributed by atoms with Crippen LogP contribution in [0.2, 0.25) is 10.0 Å². The van der Waals surface area contributed by atoms with Gasteiger partial charge in [-0.3, -0.25) is 0 Å². The van der Waals surface area contributed by atoms with E-state index in [1.165, 1.54) is 18.5 Å². The molecule has 1 aromatic heterocycles. The zero-order valence-corrected chi connectivity index (χ0v) is 12.9. The summed E-state index contributed by atoms with van der Waals surface area (Å²) in [6.45, 7) is 2.73. The largest absolute Gasteiger partial charge is 0.454 e. The number of anilines is 1. The summed E-state index contributed by atoms with van der Waals surface area (Å²) in [7, 11) is 0. The molecule has 0 amide bonds. The Hall–Kier alpha value is -1.79. The molecule has 1 aromatic carbocycles. The predicted molar refractivity (Wildman–Crippen MR) is 80.3 cm³/mol. The predicted octanol–water partition coefficient (Wildman–Crippen LogP) is 2.93. The Labute approximate surface area is 131 Å². The van der Waals surface area contributed by atoms with Gasteiger partial charge in [0.15, 0.2) is 12.4 Å². The molecule has 0 unspecified atom stereocenters. The van der Waals surface area contributed by atoms with Crippen LogP contribution >= 0.6 is 23.2 Å². The second-order valence-corrected chi connectivity index (χ2v) is 5.12. The molecule has 2 rings (SSSR count). The lowest BCUT2D eigenvalue weighted by molar-refractivity contribution is 0.0457. The number of halogens is 2. The zero-order valence-electron chi connectivity index (χ0n) is 11.3. The Morgan fingerprint density at radius 2 is 2.19 bits per heavy atom. The average molecular weight is 329 g/mol. The first-order valence-corrected chi connectivity index (χ1v) is 7.06. The van der Waals surface area contributed by atoms with E-state index in [0.29, 0.717) is 18.1 Å². The fourth-order valence-corrected chi connectivity index (χ4v) is 2.18. The van der Waals surface area contributed by atoms with Gasteiger partial charge in [0.1, 0.15) is 6.33 Å². The van der Waals surface area contributed by atoms with Crippen LogP contribution in [0.25, 0.3) is 0 Å². The van der Waals surface area contributed by atoms with Gasteiger partial charge in [0.25, 0.3) is 0 Å². The quantitative estimate of drug-likeness (QED) is 0.673. The molecule has 2 N–H and O–H groups in total. The van der Waals surface area contributed by atoms with Gasteiger partial charge in [0.05, 0.1) is 15.6 Å². The highest BCUT2D eigenvalue weighted by Crippen LogP contribution is 2.29. The highest BCUT2D eigenvalue weighted by molar-refractivity contribution is 6.44. The van der Waals surface area contributed by atoms with E-state index in [2.05, 4.69) is 10.1 Å². The normalized spacial score (nSPS) is 10.6. The Balaban J connectivity index is 2.10. The molecule has 0 saturated heterocycles. The Morgan fingerprint density at radius 1 is 1.43 bits per heavy atom. The summed E-state index contributed by atoms with van der Waals surface area (Å²) in [4.78, 5) is 16.1. The van der Waals surface area contributed by atoms with Crippen molar-refractivity contribution in [3.8, 4) is 0 Å². The number of carbonyl (C=O) groups excluding carboxylic acids is 1. The van der Waals surface area contributed by atoms with Gasteiger partial charge in [-0.05, 0) is 18.6 Å². The lowest BCUT2D eigenvalue weighted by Gasteiger charge is -2.09. The summed E-state index contributed by atoms with van der Waals surface area (Å²) in [5, 5.41) is 4.37. The highest BCUT2D eigenvalue weighted by Gasteiger charge is 2.16. The number of carbonyl (C=O) groups is 1. The van der Waals surface area contributed by atoms with Gasteiger partial charge in [-0.15, -0.1) is 0 Å². The van der Waals surface area contributed by atoms with E-state index in [9.17, 15) is 4.79 Å². The molecule has 0 spiro atoms. The maximum Gasteiger partial charge on any atom is 0.340 e. The van der Waals surface area contributed by atoms with Crippen LogP contribution < -0.4 is 5.73 Å². The number of aryl methyl sites for hydroxylation is 1. The molecule has 0 atom stereocenters. The van der Waals surface area contributed by atoms with Crippen LogP contribution in [0.15, 0.2) is 18.5 Å². The number of nitrogen functional groups attached to an aromatic ring is 1. The summed E-state index contributed by atoms with van der Waals surface area (Å²) in [6, 6.07) is 2.89. The SMILES string of the molecule is CCCn1ncnc1COC(=O)c1cc(N)cc(Cl)c1Cl. The smallest absolute Gasteiger partial charge is 0.340 e. The van der Waals surface area contributed by atoms with Crippen molar-refractivity contribution in [1.82, 2.24) is 14.8 Å². The number of nitrogens with two attached hydrogens (primary N) is 1. The standard InChI is InChI=1S/C13H14Cl2N4O2/c1-2-3-19-11(17-7-18-19)6-21-13(20)9-4-8(16)5-10(14)12(9)15/h4-5,7H,2-3,6,16H2,1H3. The molecule has 0 fully saturated rings. The maximum atomic E-state index is 12.1. The van der Waals surface area contributed by atoms with Crippen LogP contribution in [0, 0.1) is 0 Å². The van der Waals surface area contributed by atoms with E-state index < -0.39 is 5.97 Å². The second kappa shape index (κ2) is 6.78. The zero-order chi connectivity index (χ0) is 15.4. The summed E-state index contributed by atoms with van der Waals surface area (Å²) >= 11 is 11.9. The topological polar surface area (TPSA) is 83.0 Å². The lowest BCUT2D eigenvalue weighted by atomic mass is 10.2. The number of aromatic nitrogens is 3. The maximum absolute atomic E-state index is 12.1. The minimum atomic E-state index is -0.611. The Bertz CT molecular complexity index is 658. The fraction of sp³-hybridized carbons (Fsp3) is 0.308. The molecular weight excluding hydrogens is 315 g/mol. The number of hydrogen-bond donors (Lipinski definition) is 1. The van der Waals surface area contributed by atoms with E-state index in [-0.39, 0.29) is 22.2 Å². The summed E-state index contributed by atoms with van der Waals surface area (Å²) in [5.74, 6) is -0.0448. The van der Waals surface area contributed by atoms with Gasteiger partial charge in [-0.2, -0.15) is 5.10 Å². The molecule has 1 heterocycles. The van der Waals surface area contributed by atoms with Crippen molar-refractivity contribution in [3.05, 3.63) is 39.9 Å². The third-order valence-corrected chi connectivity index (χ3v) is 3.54. The molecule has 0 aliphatic rings. The number of benzene rings is 1. The number of esters is 1. The van der Waals surface area contributed by atoms with Crippen LogP contribution in [0.5, 0.6) is 0 Å².